The molecule has 0 amide bonds. The largest absolute Gasteiger partial charge is 0.469 e. The minimum absolute atomic E-state index is 0.0347. The zero-order valence-electron chi connectivity index (χ0n) is 7.23. The molecule has 0 fully saturated rings. The first-order chi connectivity index (χ1) is 4.45. The lowest BCUT2D eigenvalue weighted by Gasteiger charge is -1.91. The molecular weight excluding hydrogens is 92.1 g/mol. The SMILES string of the molecule is [2H]C([2H])([2H])CCC(=O)OC. The average molecular weight is 105 g/mol. The molecule has 0 unspecified atom stereocenters. The maximum absolute atomic E-state index is 10.4. The first-order valence-corrected chi connectivity index (χ1v) is 2.02. The lowest BCUT2D eigenvalue weighted by atomic mass is 10.3. The van der Waals surface area contributed by atoms with Gasteiger partial charge in [0.05, 0.1) is 7.11 Å². The van der Waals surface area contributed by atoms with Gasteiger partial charge >= 0.3 is 5.97 Å². The molecule has 0 aromatic heterocycles. The topological polar surface area (TPSA) is 26.3 Å². The summed E-state index contributed by atoms with van der Waals surface area (Å²) >= 11 is 0. The second-order valence-corrected chi connectivity index (χ2v) is 1.08. The van der Waals surface area contributed by atoms with Crippen LogP contribution in [0.15, 0.2) is 0 Å². The quantitative estimate of drug-likeness (QED) is 0.489. The number of ether oxygens (including phenoxy) is 1. The lowest BCUT2D eigenvalue weighted by molar-refractivity contribution is -0.140. The fraction of sp³-hybridized carbons (Fsp3) is 0.800. The van der Waals surface area contributed by atoms with Crippen molar-refractivity contribution < 1.29 is 13.6 Å². The van der Waals surface area contributed by atoms with Gasteiger partial charge in [0.1, 0.15) is 0 Å². The van der Waals surface area contributed by atoms with E-state index in [0.29, 0.717) is 0 Å². The van der Waals surface area contributed by atoms with E-state index in [-0.39, 0.29) is 12.8 Å². The molecule has 0 saturated heterocycles. The van der Waals surface area contributed by atoms with Crippen LogP contribution in [0.2, 0.25) is 0 Å². The number of esters is 1. The molecule has 0 radical (unpaired) electrons. The van der Waals surface area contributed by atoms with E-state index < -0.39 is 12.8 Å². The summed E-state index contributed by atoms with van der Waals surface area (Å²) in [5.74, 6) is -0.476. The molecule has 0 heterocycles. The van der Waals surface area contributed by atoms with Gasteiger partial charge in [0.15, 0.2) is 0 Å². The van der Waals surface area contributed by atoms with Crippen molar-refractivity contribution in [2.24, 2.45) is 0 Å². The molecular formula is C5H10O2. The van der Waals surface area contributed by atoms with E-state index in [4.69, 9.17) is 4.11 Å². The van der Waals surface area contributed by atoms with Crippen LogP contribution >= 0.6 is 0 Å². The highest BCUT2D eigenvalue weighted by atomic mass is 16.5. The second kappa shape index (κ2) is 3.65. The summed E-state index contributed by atoms with van der Waals surface area (Å²) in [6.07, 6.45) is -0.146. The Hall–Kier alpha value is -0.530. The summed E-state index contributed by atoms with van der Waals surface area (Å²) in [6, 6.07) is 0. The summed E-state index contributed by atoms with van der Waals surface area (Å²) in [4.78, 5) is 10.4. The Morgan fingerprint density at radius 2 is 2.71 bits per heavy atom. The summed E-state index contributed by atoms with van der Waals surface area (Å²) in [6.45, 7) is -2.02. The molecule has 0 rings (SSSR count). The van der Waals surface area contributed by atoms with E-state index in [1.807, 2.05) is 0 Å². The summed E-state index contributed by atoms with van der Waals surface area (Å²) < 4.78 is 24.4. The first kappa shape index (κ1) is 2.70. The third-order valence-electron chi connectivity index (χ3n) is 0.557. The molecule has 0 spiro atoms. The van der Waals surface area contributed by atoms with Crippen molar-refractivity contribution in [1.82, 2.24) is 0 Å². The van der Waals surface area contributed by atoms with Crippen LogP contribution in [0.1, 0.15) is 23.8 Å². The standard InChI is InChI=1S/C5H10O2/c1-3-4-5(6)7-2/h3-4H2,1-2H3/i1D3. The van der Waals surface area contributed by atoms with Crippen molar-refractivity contribution in [3.8, 4) is 0 Å². The average Bonchev–Trinajstić information content (AvgIpc) is 1.81. The van der Waals surface area contributed by atoms with Crippen molar-refractivity contribution in [1.29, 1.82) is 0 Å². The fourth-order valence-electron chi connectivity index (χ4n) is 0.204. The maximum Gasteiger partial charge on any atom is 0.305 e. The Kier molecular flexibility index (Phi) is 1.41. The van der Waals surface area contributed by atoms with Gasteiger partial charge in [0.2, 0.25) is 0 Å². The van der Waals surface area contributed by atoms with E-state index in [0.717, 1.165) is 0 Å². The normalized spacial score (nSPS) is 16.4. The molecule has 0 aliphatic rings. The van der Waals surface area contributed by atoms with Crippen LogP contribution < -0.4 is 0 Å². The Morgan fingerprint density at radius 3 is 3.14 bits per heavy atom. The smallest absolute Gasteiger partial charge is 0.305 e. The van der Waals surface area contributed by atoms with Crippen molar-refractivity contribution in [2.45, 2.75) is 19.7 Å². The van der Waals surface area contributed by atoms with Gasteiger partial charge in [-0.1, -0.05) is 6.85 Å². The molecule has 7 heavy (non-hydrogen) atoms. The van der Waals surface area contributed by atoms with E-state index >= 15 is 0 Å². The van der Waals surface area contributed by atoms with Crippen LogP contribution in [0.25, 0.3) is 0 Å². The van der Waals surface area contributed by atoms with Crippen LogP contribution in [0.5, 0.6) is 0 Å². The van der Waals surface area contributed by atoms with Gasteiger partial charge in [-0.3, -0.25) is 4.79 Å². The highest BCUT2D eigenvalue weighted by molar-refractivity contribution is 5.68. The van der Waals surface area contributed by atoms with Gasteiger partial charge in [0, 0.05) is 10.5 Å². The molecule has 0 aliphatic heterocycles. The fourth-order valence-corrected chi connectivity index (χ4v) is 0.204. The molecule has 0 aromatic carbocycles. The number of hydrogen-bond donors (Lipinski definition) is 0. The first-order valence-electron chi connectivity index (χ1n) is 3.52. The Morgan fingerprint density at radius 1 is 2.00 bits per heavy atom. The molecule has 0 aromatic rings. The molecule has 0 atom stereocenters. The summed E-state index contributed by atoms with van der Waals surface area (Å²) in [5.41, 5.74) is 0. The van der Waals surface area contributed by atoms with Gasteiger partial charge in [-0.25, -0.2) is 0 Å². The van der Waals surface area contributed by atoms with E-state index in [2.05, 4.69) is 4.74 Å². The van der Waals surface area contributed by atoms with Crippen LogP contribution in [0.4, 0.5) is 0 Å². The predicted octanol–water partition coefficient (Wildman–Crippen LogP) is 0.960. The Bertz CT molecular complexity index is 119. The molecule has 42 valence electrons. The van der Waals surface area contributed by atoms with E-state index in [1.54, 1.807) is 0 Å². The highest BCUT2D eigenvalue weighted by Gasteiger charge is 1.92. The van der Waals surface area contributed by atoms with E-state index in [1.165, 1.54) is 7.11 Å². The molecule has 0 bridgehead atoms. The third-order valence-corrected chi connectivity index (χ3v) is 0.557. The molecule has 0 saturated carbocycles. The number of hydrogen-bond acceptors (Lipinski definition) is 2. The zero-order valence-corrected chi connectivity index (χ0v) is 4.23. The molecule has 0 N–H and O–H groups in total. The predicted molar refractivity (Wildman–Crippen MR) is 26.9 cm³/mol. The minimum atomic E-state index is -2.02. The Labute approximate surface area is 47.7 Å². The van der Waals surface area contributed by atoms with Gasteiger partial charge < -0.3 is 4.74 Å². The number of rotatable bonds is 2. The highest BCUT2D eigenvalue weighted by Crippen LogP contribution is 1.86. The van der Waals surface area contributed by atoms with Crippen molar-refractivity contribution in [3.05, 3.63) is 0 Å². The Balaban J connectivity index is 3.46. The minimum Gasteiger partial charge on any atom is -0.469 e. The zero-order chi connectivity index (χ0) is 8.20. The van der Waals surface area contributed by atoms with Crippen molar-refractivity contribution in [2.75, 3.05) is 7.11 Å². The van der Waals surface area contributed by atoms with Crippen LogP contribution in [0, 0.1) is 0 Å². The monoisotopic (exact) mass is 105 g/mol. The van der Waals surface area contributed by atoms with Gasteiger partial charge in [-0.05, 0) is 6.42 Å². The van der Waals surface area contributed by atoms with Crippen LogP contribution in [0.3, 0.4) is 0 Å². The van der Waals surface area contributed by atoms with E-state index in [9.17, 15) is 4.79 Å². The van der Waals surface area contributed by atoms with Crippen molar-refractivity contribution >= 4 is 5.97 Å². The maximum atomic E-state index is 10.4. The lowest BCUT2D eigenvalue weighted by Crippen LogP contribution is -1.97. The third kappa shape index (κ3) is 3.30. The van der Waals surface area contributed by atoms with Crippen LogP contribution in [-0.4, -0.2) is 13.1 Å². The summed E-state index contributed by atoms with van der Waals surface area (Å²) in [5, 5.41) is 0. The van der Waals surface area contributed by atoms with Crippen molar-refractivity contribution in [3.63, 3.8) is 0 Å². The number of carbonyl (C=O) groups excluding carboxylic acids is 1. The van der Waals surface area contributed by atoms with Gasteiger partial charge in [-0.2, -0.15) is 0 Å². The van der Waals surface area contributed by atoms with Gasteiger partial charge in [0.25, 0.3) is 0 Å². The van der Waals surface area contributed by atoms with Crippen LogP contribution in [-0.2, 0) is 9.53 Å². The molecule has 2 heteroatoms. The summed E-state index contributed by atoms with van der Waals surface area (Å²) in [7, 11) is 1.24. The van der Waals surface area contributed by atoms with Gasteiger partial charge in [-0.15, -0.1) is 0 Å². The second-order valence-electron chi connectivity index (χ2n) is 1.08. The number of methoxy groups -OCH3 is 1. The molecule has 0 aliphatic carbocycles. The molecule has 2 nitrogen and oxygen atoms in total. The number of carbonyl (C=O) groups is 1.